The van der Waals surface area contributed by atoms with Crippen LogP contribution >= 0.6 is 0 Å². The molecule has 0 aliphatic carbocycles. The van der Waals surface area contributed by atoms with E-state index in [2.05, 4.69) is 15.4 Å². The molecule has 3 N–H and O–H groups in total. The third-order valence-corrected chi connectivity index (χ3v) is 4.57. The summed E-state index contributed by atoms with van der Waals surface area (Å²) < 4.78 is 1.62. The van der Waals surface area contributed by atoms with Crippen molar-refractivity contribution in [3.63, 3.8) is 0 Å². The molecule has 8 nitrogen and oxygen atoms in total. The van der Waals surface area contributed by atoms with Crippen molar-refractivity contribution in [2.75, 3.05) is 19.6 Å². The van der Waals surface area contributed by atoms with E-state index in [1.807, 2.05) is 23.1 Å². The maximum absolute atomic E-state index is 13.1. The third-order valence-electron chi connectivity index (χ3n) is 4.57. The molecule has 0 spiro atoms. The Balaban J connectivity index is 1.72. The highest BCUT2D eigenvalue weighted by atomic mass is 16.2. The lowest BCUT2D eigenvalue weighted by Gasteiger charge is -2.36. The molecule has 1 aliphatic rings. The van der Waals surface area contributed by atoms with Gasteiger partial charge in [0.15, 0.2) is 0 Å². The number of rotatable bonds is 6. The quantitative estimate of drug-likeness (QED) is 0.793. The monoisotopic (exact) mass is 356 g/mol. The molecule has 1 aliphatic heterocycles. The lowest BCUT2D eigenvalue weighted by Crippen LogP contribution is -2.49. The molecule has 0 saturated carbocycles. The molecule has 1 aromatic heterocycles. The van der Waals surface area contributed by atoms with Crippen molar-refractivity contribution < 1.29 is 9.59 Å². The summed E-state index contributed by atoms with van der Waals surface area (Å²) in [6, 6.07) is 7.35. The van der Waals surface area contributed by atoms with Gasteiger partial charge < -0.3 is 16.0 Å². The number of carbonyl (C=O) groups excluding carboxylic acids is 2. The molecule has 1 aromatic carbocycles. The first-order valence-corrected chi connectivity index (χ1v) is 8.92. The van der Waals surface area contributed by atoms with Crippen LogP contribution < -0.4 is 11.1 Å². The highest BCUT2D eigenvalue weighted by Crippen LogP contribution is 2.20. The fraction of sp³-hybridized carbons (Fsp3) is 0.444. The van der Waals surface area contributed by atoms with Gasteiger partial charge in [-0.3, -0.25) is 9.59 Å². The van der Waals surface area contributed by atoms with Crippen molar-refractivity contribution >= 4 is 11.8 Å². The minimum Gasteiger partial charge on any atom is -0.354 e. The molecule has 1 unspecified atom stereocenters. The second-order valence-corrected chi connectivity index (χ2v) is 6.38. The van der Waals surface area contributed by atoms with E-state index in [0.717, 1.165) is 24.9 Å². The van der Waals surface area contributed by atoms with Gasteiger partial charge in [0, 0.05) is 37.7 Å². The van der Waals surface area contributed by atoms with Gasteiger partial charge in [0.2, 0.25) is 5.91 Å². The topological polar surface area (TPSA) is 106 Å². The van der Waals surface area contributed by atoms with Gasteiger partial charge in [-0.2, -0.15) is 5.10 Å². The number of nitrogens with one attached hydrogen (secondary N) is 1. The summed E-state index contributed by atoms with van der Waals surface area (Å²) in [5.74, 6) is -0.0941. The Hall–Kier alpha value is -2.74. The summed E-state index contributed by atoms with van der Waals surface area (Å²) in [6.45, 7) is 1.49. The largest absolute Gasteiger partial charge is 0.354 e. The number of hydrogen-bond donors (Lipinski definition) is 2. The molecule has 3 rings (SSSR count). The Labute approximate surface area is 152 Å². The number of likely N-dealkylation sites (tertiary alicyclic amines) is 1. The highest BCUT2D eigenvalue weighted by Gasteiger charge is 2.27. The van der Waals surface area contributed by atoms with E-state index in [1.54, 1.807) is 17.1 Å². The van der Waals surface area contributed by atoms with Crippen LogP contribution in [-0.2, 0) is 4.79 Å². The van der Waals surface area contributed by atoms with Crippen molar-refractivity contribution in [3.8, 4) is 5.69 Å². The fourth-order valence-corrected chi connectivity index (χ4v) is 3.22. The van der Waals surface area contributed by atoms with Crippen molar-refractivity contribution in [2.45, 2.75) is 31.7 Å². The number of hydrogen-bond acceptors (Lipinski definition) is 5. The maximum atomic E-state index is 13.1. The summed E-state index contributed by atoms with van der Waals surface area (Å²) in [7, 11) is 0. The molecule has 0 radical (unpaired) electrons. The number of piperidine rings is 1. The fourth-order valence-electron chi connectivity index (χ4n) is 3.22. The summed E-state index contributed by atoms with van der Waals surface area (Å²) in [5.41, 5.74) is 6.81. The van der Waals surface area contributed by atoms with E-state index in [-0.39, 0.29) is 17.9 Å². The first-order chi connectivity index (χ1) is 12.7. The van der Waals surface area contributed by atoms with Gasteiger partial charge >= 0.3 is 0 Å². The van der Waals surface area contributed by atoms with Gasteiger partial charge in [-0.05, 0) is 37.5 Å². The smallest absolute Gasteiger partial charge is 0.254 e. The van der Waals surface area contributed by atoms with Crippen molar-refractivity contribution in [1.29, 1.82) is 0 Å². The van der Waals surface area contributed by atoms with Crippen LogP contribution in [0.5, 0.6) is 0 Å². The average molecular weight is 356 g/mol. The molecule has 1 fully saturated rings. The Morgan fingerprint density at radius 2 is 2.19 bits per heavy atom. The first-order valence-electron chi connectivity index (χ1n) is 8.92. The molecule has 1 saturated heterocycles. The zero-order chi connectivity index (χ0) is 18.4. The number of aromatic nitrogens is 3. The standard InChI is InChI=1S/C18H24N6O2/c19-8-7-17(25)21-11-16-5-1-2-9-23(16)18(26)14-4-3-6-15(10-14)24-13-20-12-22-24/h3-4,6,10,12-13,16H,1-2,5,7-9,11,19H2,(H,21,25). The molecular formula is C18H24N6O2. The normalized spacial score (nSPS) is 17.1. The van der Waals surface area contributed by atoms with Crippen LogP contribution in [0.1, 0.15) is 36.0 Å². The third kappa shape index (κ3) is 4.26. The molecular weight excluding hydrogens is 332 g/mol. The first kappa shape index (κ1) is 18.1. The van der Waals surface area contributed by atoms with E-state index in [4.69, 9.17) is 5.73 Å². The molecule has 2 aromatic rings. The molecule has 2 heterocycles. The van der Waals surface area contributed by atoms with Crippen LogP contribution in [0.15, 0.2) is 36.9 Å². The van der Waals surface area contributed by atoms with Crippen molar-refractivity contribution in [1.82, 2.24) is 25.0 Å². The van der Waals surface area contributed by atoms with Gasteiger partial charge in [0.05, 0.1) is 5.69 Å². The van der Waals surface area contributed by atoms with Crippen LogP contribution in [0.25, 0.3) is 5.69 Å². The number of benzene rings is 1. The Morgan fingerprint density at radius 1 is 1.31 bits per heavy atom. The highest BCUT2D eigenvalue weighted by molar-refractivity contribution is 5.95. The van der Waals surface area contributed by atoms with Crippen molar-refractivity contribution in [2.24, 2.45) is 5.73 Å². The van der Waals surface area contributed by atoms with Crippen molar-refractivity contribution in [3.05, 3.63) is 42.5 Å². The second-order valence-electron chi connectivity index (χ2n) is 6.38. The molecule has 0 bridgehead atoms. The minimum absolute atomic E-state index is 0.00741. The molecule has 8 heteroatoms. The zero-order valence-electron chi connectivity index (χ0n) is 14.7. The summed E-state index contributed by atoms with van der Waals surface area (Å²) in [4.78, 5) is 30.6. The predicted molar refractivity (Wildman–Crippen MR) is 96.7 cm³/mol. The number of carbonyl (C=O) groups is 2. The molecule has 138 valence electrons. The van der Waals surface area contributed by atoms with Crippen LogP contribution in [0, 0.1) is 0 Å². The summed E-state index contributed by atoms with van der Waals surface area (Å²) in [6.07, 6.45) is 6.28. The predicted octanol–water partition coefficient (Wildman–Crippen LogP) is 0.727. The number of nitrogens with zero attached hydrogens (tertiary/aromatic N) is 4. The van der Waals surface area contributed by atoms with Crippen LogP contribution in [0.3, 0.4) is 0 Å². The van der Waals surface area contributed by atoms with Gasteiger partial charge in [-0.1, -0.05) is 6.07 Å². The average Bonchev–Trinajstić information content (AvgIpc) is 3.21. The van der Waals surface area contributed by atoms with Gasteiger partial charge in [-0.25, -0.2) is 9.67 Å². The van der Waals surface area contributed by atoms with Crippen LogP contribution in [0.4, 0.5) is 0 Å². The summed E-state index contributed by atoms with van der Waals surface area (Å²) in [5, 5.41) is 6.99. The van der Waals surface area contributed by atoms with E-state index < -0.39 is 0 Å². The van der Waals surface area contributed by atoms with E-state index in [1.165, 1.54) is 6.33 Å². The van der Waals surface area contributed by atoms with Gasteiger partial charge in [0.1, 0.15) is 12.7 Å². The zero-order valence-corrected chi connectivity index (χ0v) is 14.7. The Morgan fingerprint density at radius 3 is 2.96 bits per heavy atom. The lowest BCUT2D eigenvalue weighted by molar-refractivity contribution is -0.121. The van der Waals surface area contributed by atoms with E-state index in [9.17, 15) is 9.59 Å². The second kappa shape index (κ2) is 8.57. The molecule has 1 atom stereocenters. The van der Waals surface area contributed by atoms with Crippen LogP contribution in [0.2, 0.25) is 0 Å². The molecule has 2 amide bonds. The Kier molecular flexibility index (Phi) is 5.96. The molecule has 26 heavy (non-hydrogen) atoms. The Bertz CT molecular complexity index is 746. The number of nitrogens with two attached hydrogens (primary N) is 1. The minimum atomic E-state index is -0.0707. The van der Waals surface area contributed by atoms with Gasteiger partial charge in [0.25, 0.3) is 5.91 Å². The van der Waals surface area contributed by atoms with E-state index in [0.29, 0.717) is 31.6 Å². The van der Waals surface area contributed by atoms with Gasteiger partial charge in [-0.15, -0.1) is 0 Å². The summed E-state index contributed by atoms with van der Waals surface area (Å²) >= 11 is 0. The van der Waals surface area contributed by atoms with Crippen LogP contribution in [-0.4, -0.2) is 57.2 Å². The lowest BCUT2D eigenvalue weighted by atomic mass is 10.0. The van der Waals surface area contributed by atoms with E-state index >= 15 is 0 Å². The number of amides is 2. The maximum Gasteiger partial charge on any atom is 0.254 e. The SMILES string of the molecule is NCCC(=O)NCC1CCCCN1C(=O)c1cccc(-n2cncn2)c1.